The van der Waals surface area contributed by atoms with Crippen molar-refractivity contribution in [1.29, 1.82) is 0 Å². The number of amides is 1. The fourth-order valence-corrected chi connectivity index (χ4v) is 3.60. The molecule has 1 aromatic carbocycles. The summed E-state index contributed by atoms with van der Waals surface area (Å²) in [4.78, 5) is 11.8. The molecule has 0 fully saturated rings. The van der Waals surface area contributed by atoms with E-state index in [0.29, 0.717) is 18.7 Å². The second kappa shape index (κ2) is 9.24. The minimum Gasteiger partial charge on any atom is -0.354 e. The maximum Gasteiger partial charge on any atom is 0.244 e. The highest BCUT2D eigenvalue weighted by Gasteiger charge is 2.27. The number of thioether (sulfide) groups is 1. The van der Waals surface area contributed by atoms with E-state index in [2.05, 4.69) is 10.0 Å². The second-order valence-electron chi connectivity index (χ2n) is 5.52. The molecule has 0 radical (unpaired) electrons. The van der Waals surface area contributed by atoms with Gasteiger partial charge in [0.15, 0.2) is 0 Å². The summed E-state index contributed by atoms with van der Waals surface area (Å²) in [7, 11) is -4.10. The molecule has 0 aliphatic rings. The van der Waals surface area contributed by atoms with Crippen molar-refractivity contribution in [3.63, 3.8) is 0 Å². The Labute approximate surface area is 141 Å². The van der Waals surface area contributed by atoms with Crippen LogP contribution in [0.4, 0.5) is 4.39 Å². The molecule has 2 N–H and O–H groups in total. The van der Waals surface area contributed by atoms with Crippen molar-refractivity contribution in [1.82, 2.24) is 10.0 Å². The van der Waals surface area contributed by atoms with Gasteiger partial charge in [-0.1, -0.05) is 26.0 Å². The maximum absolute atomic E-state index is 13.7. The fraction of sp³-hybridized carbons (Fsp3) is 0.533. The lowest BCUT2D eigenvalue weighted by Crippen LogP contribution is -2.47. The Hall–Kier alpha value is -1.12. The van der Waals surface area contributed by atoms with Crippen molar-refractivity contribution in [2.45, 2.75) is 31.2 Å². The summed E-state index contributed by atoms with van der Waals surface area (Å²) >= 11 is 1.51. The van der Waals surface area contributed by atoms with Crippen molar-refractivity contribution in [3.8, 4) is 0 Å². The fourth-order valence-electron chi connectivity index (χ4n) is 1.82. The van der Waals surface area contributed by atoms with Crippen molar-refractivity contribution in [2.75, 3.05) is 18.6 Å². The molecule has 130 valence electrons. The molecule has 0 heterocycles. The normalized spacial score (nSPS) is 13.1. The predicted octanol–water partition coefficient (Wildman–Crippen LogP) is 2.00. The Morgan fingerprint density at radius 1 is 1.30 bits per heavy atom. The van der Waals surface area contributed by atoms with Crippen LogP contribution >= 0.6 is 11.8 Å². The zero-order chi connectivity index (χ0) is 17.5. The molecule has 5 nitrogen and oxygen atoms in total. The van der Waals surface area contributed by atoms with Crippen LogP contribution in [-0.4, -0.2) is 38.9 Å². The summed E-state index contributed by atoms with van der Waals surface area (Å²) in [6.45, 7) is 4.34. The van der Waals surface area contributed by atoms with Crippen LogP contribution in [0.2, 0.25) is 0 Å². The Balaban J connectivity index is 2.91. The second-order valence-corrected chi connectivity index (χ2v) is 8.19. The molecule has 0 bridgehead atoms. The predicted molar refractivity (Wildman–Crippen MR) is 91.4 cm³/mol. The van der Waals surface area contributed by atoms with E-state index in [0.717, 1.165) is 6.07 Å². The number of carbonyl (C=O) groups is 1. The first kappa shape index (κ1) is 19.9. The molecule has 0 aliphatic heterocycles. The van der Waals surface area contributed by atoms with Crippen LogP contribution < -0.4 is 10.0 Å². The van der Waals surface area contributed by atoms with Gasteiger partial charge < -0.3 is 5.32 Å². The molecular weight excluding hydrogens is 339 g/mol. The first-order chi connectivity index (χ1) is 10.8. The minimum absolute atomic E-state index is 0.253. The van der Waals surface area contributed by atoms with E-state index >= 15 is 0 Å². The van der Waals surface area contributed by atoms with Gasteiger partial charge in [0.2, 0.25) is 15.9 Å². The van der Waals surface area contributed by atoms with Crippen LogP contribution in [0.15, 0.2) is 29.2 Å². The lowest BCUT2D eigenvalue weighted by Gasteiger charge is -2.19. The summed E-state index contributed by atoms with van der Waals surface area (Å²) in [5.74, 6) is -0.373. The van der Waals surface area contributed by atoms with Gasteiger partial charge >= 0.3 is 0 Å². The molecule has 1 aromatic rings. The van der Waals surface area contributed by atoms with E-state index in [1.165, 1.54) is 30.0 Å². The standard InChI is InChI=1S/C15H23FN2O3S2/c1-11(2)10-17-15(19)13(8-9-22-3)18-23(20,21)14-7-5-4-6-12(14)16/h4-7,11,13,18H,8-10H2,1-3H3,(H,17,19). The van der Waals surface area contributed by atoms with Crippen molar-refractivity contribution in [2.24, 2.45) is 5.92 Å². The highest BCUT2D eigenvalue weighted by atomic mass is 32.2. The van der Waals surface area contributed by atoms with Gasteiger partial charge in [0, 0.05) is 6.54 Å². The SMILES string of the molecule is CSCCC(NS(=O)(=O)c1ccccc1F)C(=O)NCC(C)C. The molecule has 1 unspecified atom stereocenters. The van der Waals surface area contributed by atoms with Gasteiger partial charge in [-0.2, -0.15) is 16.5 Å². The Morgan fingerprint density at radius 3 is 2.52 bits per heavy atom. The third-order valence-electron chi connectivity index (χ3n) is 3.04. The monoisotopic (exact) mass is 362 g/mol. The molecule has 0 spiro atoms. The molecule has 0 aromatic heterocycles. The van der Waals surface area contributed by atoms with Crippen LogP contribution in [-0.2, 0) is 14.8 Å². The number of rotatable bonds is 9. The Bertz CT molecular complexity index is 621. The third-order valence-corrected chi connectivity index (χ3v) is 5.18. The molecule has 1 amide bonds. The quantitative estimate of drug-likeness (QED) is 0.705. The van der Waals surface area contributed by atoms with Gasteiger partial charge in [-0.25, -0.2) is 12.8 Å². The summed E-state index contributed by atoms with van der Waals surface area (Å²) in [5, 5.41) is 2.71. The lowest BCUT2D eigenvalue weighted by molar-refractivity contribution is -0.122. The van der Waals surface area contributed by atoms with E-state index in [1.807, 2.05) is 20.1 Å². The van der Waals surface area contributed by atoms with Gasteiger partial charge in [0.25, 0.3) is 0 Å². The van der Waals surface area contributed by atoms with Crippen LogP contribution in [0.1, 0.15) is 20.3 Å². The summed E-state index contributed by atoms with van der Waals surface area (Å²) in [6, 6.07) is 4.17. The number of hydrogen-bond donors (Lipinski definition) is 2. The van der Waals surface area contributed by atoms with E-state index in [-0.39, 0.29) is 5.92 Å². The average molecular weight is 362 g/mol. The molecule has 8 heteroatoms. The number of sulfonamides is 1. The number of halogens is 1. The van der Waals surface area contributed by atoms with Crippen molar-refractivity contribution >= 4 is 27.7 Å². The largest absolute Gasteiger partial charge is 0.354 e. The van der Waals surface area contributed by atoms with Crippen LogP contribution in [0, 0.1) is 11.7 Å². The highest BCUT2D eigenvalue weighted by molar-refractivity contribution is 7.98. The molecule has 0 saturated heterocycles. The van der Waals surface area contributed by atoms with Crippen LogP contribution in [0.25, 0.3) is 0 Å². The third kappa shape index (κ3) is 6.48. The number of benzene rings is 1. The topological polar surface area (TPSA) is 75.3 Å². The lowest BCUT2D eigenvalue weighted by atomic mass is 10.2. The van der Waals surface area contributed by atoms with E-state index in [1.54, 1.807) is 0 Å². The zero-order valence-corrected chi connectivity index (χ0v) is 15.1. The van der Waals surface area contributed by atoms with Gasteiger partial charge in [-0.05, 0) is 36.5 Å². The van der Waals surface area contributed by atoms with E-state index in [4.69, 9.17) is 0 Å². The van der Waals surface area contributed by atoms with Gasteiger partial charge in [-0.3, -0.25) is 4.79 Å². The molecule has 0 aliphatic carbocycles. The maximum atomic E-state index is 13.7. The van der Waals surface area contributed by atoms with Crippen molar-refractivity contribution < 1.29 is 17.6 Å². The molecule has 0 saturated carbocycles. The van der Waals surface area contributed by atoms with Gasteiger partial charge in [-0.15, -0.1) is 0 Å². The number of nitrogens with one attached hydrogen (secondary N) is 2. The van der Waals surface area contributed by atoms with Crippen LogP contribution in [0.3, 0.4) is 0 Å². The van der Waals surface area contributed by atoms with E-state index < -0.39 is 32.7 Å². The summed E-state index contributed by atoms with van der Waals surface area (Å²) < 4.78 is 40.7. The number of carbonyl (C=O) groups excluding carboxylic acids is 1. The molecular formula is C15H23FN2O3S2. The van der Waals surface area contributed by atoms with E-state index in [9.17, 15) is 17.6 Å². The molecule has 23 heavy (non-hydrogen) atoms. The molecule has 1 rings (SSSR count). The number of hydrogen-bond acceptors (Lipinski definition) is 4. The average Bonchev–Trinajstić information content (AvgIpc) is 2.49. The molecule has 1 atom stereocenters. The van der Waals surface area contributed by atoms with Crippen LogP contribution in [0.5, 0.6) is 0 Å². The smallest absolute Gasteiger partial charge is 0.244 e. The summed E-state index contributed by atoms with van der Waals surface area (Å²) in [5.41, 5.74) is 0. The van der Waals surface area contributed by atoms with Crippen molar-refractivity contribution in [3.05, 3.63) is 30.1 Å². The first-order valence-corrected chi connectivity index (χ1v) is 10.2. The minimum atomic E-state index is -4.10. The Kier molecular flexibility index (Phi) is 8.01. The van der Waals surface area contributed by atoms with Gasteiger partial charge in [0.1, 0.15) is 16.8 Å². The summed E-state index contributed by atoms with van der Waals surface area (Å²) in [6.07, 6.45) is 2.20. The highest BCUT2D eigenvalue weighted by Crippen LogP contribution is 2.15. The zero-order valence-electron chi connectivity index (χ0n) is 13.5. The van der Waals surface area contributed by atoms with Gasteiger partial charge in [0.05, 0.1) is 0 Å². The first-order valence-electron chi connectivity index (χ1n) is 7.31. The Morgan fingerprint density at radius 2 is 1.96 bits per heavy atom.